The van der Waals surface area contributed by atoms with Crippen molar-refractivity contribution in [3.05, 3.63) is 77.6 Å². The van der Waals surface area contributed by atoms with Gasteiger partial charge in [-0.05, 0) is 60.8 Å². The van der Waals surface area contributed by atoms with E-state index in [1.807, 2.05) is 30.6 Å². The zero-order chi connectivity index (χ0) is 21.9. The molecule has 1 fully saturated rings. The molecular weight excluding hydrogens is 420 g/mol. The molecular formula is C26H27ClN4O. The number of hydrogen-bond donors (Lipinski definition) is 3. The molecule has 0 aliphatic carbocycles. The predicted octanol–water partition coefficient (Wildman–Crippen LogP) is 5.05. The van der Waals surface area contributed by atoms with Gasteiger partial charge in [0.05, 0.1) is 6.73 Å². The second-order valence-electron chi connectivity index (χ2n) is 8.44. The molecule has 0 bridgehead atoms. The van der Waals surface area contributed by atoms with Gasteiger partial charge in [-0.3, -0.25) is 10.2 Å². The Morgan fingerprint density at radius 1 is 1.03 bits per heavy atom. The highest BCUT2D eigenvalue weighted by molar-refractivity contribution is 6.30. The Balaban J connectivity index is 1.33. The van der Waals surface area contributed by atoms with Crippen LogP contribution in [0.5, 0.6) is 0 Å². The zero-order valence-corrected chi connectivity index (χ0v) is 18.6. The molecule has 0 amide bonds. The zero-order valence-electron chi connectivity index (χ0n) is 17.9. The van der Waals surface area contributed by atoms with Crippen LogP contribution >= 0.6 is 11.6 Å². The molecule has 3 N–H and O–H groups in total. The smallest absolute Gasteiger partial charge is 0.137 e. The first kappa shape index (κ1) is 21.2. The van der Waals surface area contributed by atoms with Gasteiger partial charge in [0.15, 0.2) is 0 Å². The molecule has 164 valence electrons. The predicted molar refractivity (Wildman–Crippen MR) is 130 cm³/mol. The van der Waals surface area contributed by atoms with Gasteiger partial charge in [-0.25, -0.2) is 4.98 Å². The Morgan fingerprint density at radius 3 is 2.59 bits per heavy atom. The number of pyridine rings is 1. The van der Waals surface area contributed by atoms with E-state index < -0.39 is 0 Å². The minimum Gasteiger partial charge on any atom is -0.381 e. The molecule has 2 aromatic heterocycles. The molecule has 0 saturated carbocycles. The number of nitrogens with one attached hydrogen (secondary N) is 2. The summed E-state index contributed by atoms with van der Waals surface area (Å²) in [6.45, 7) is 3.13. The van der Waals surface area contributed by atoms with Gasteiger partial charge < -0.3 is 10.1 Å². The van der Waals surface area contributed by atoms with Crippen LogP contribution in [0.15, 0.2) is 67.0 Å². The van der Waals surface area contributed by atoms with Crippen molar-refractivity contribution in [2.75, 3.05) is 19.8 Å². The molecule has 4 aromatic rings. The maximum absolute atomic E-state index is 9.03. The van der Waals surface area contributed by atoms with Crippen LogP contribution in [0.3, 0.4) is 0 Å². The van der Waals surface area contributed by atoms with Crippen LogP contribution in [0.25, 0.3) is 33.3 Å². The van der Waals surface area contributed by atoms with E-state index in [-0.39, 0.29) is 6.73 Å². The number of rotatable bonds is 6. The van der Waals surface area contributed by atoms with Gasteiger partial charge in [0.1, 0.15) is 5.65 Å². The van der Waals surface area contributed by atoms with Gasteiger partial charge in [-0.2, -0.15) is 0 Å². The molecule has 1 aliphatic rings. The number of benzene rings is 2. The summed E-state index contributed by atoms with van der Waals surface area (Å²) in [6.07, 6.45) is 6.08. The lowest BCUT2D eigenvalue weighted by atomic mass is 10.0. The van der Waals surface area contributed by atoms with Gasteiger partial charge >= 0.3 is 0 Å². The van der Waals surface area contributed by atoms with Crippen LogP contribution < -0.4 is 5.32 Å². The van der Waals surface area contributed by atoms with E-state index in [2.05, 4.69) is 56.6 Å². The van der Waals surface area contributed by atoms with Crippen molar-refractivity contribution < 1.29 is 5.11 Å². The average Bonchev–Trinajstić information content (AvgIpc) is 3.24. The van der Waals surface area contributed by atoms with E-state index in [0.717, 1.165) is 70.8 Å². The van der Waals surface area contributed by atoms with Crippen LogP contribution in [-0.4, -0.2) is 45.8 Å². The van der Waals surface area contributed by atoms with E-state index in [0.29, 0.717) is 6.04 Å². The molecule has 32 heavy (non-hydrogen) atoms. The van der Waals surface area contributed by atoms with Crippen LogP contribution in [0.2, 0.25) is 5.02 Å². The van der Waals surface area contributed by atoms with Gasteiger partial charge in [0, 0.05) is 46.5 Å². The quantitative estimate of drug-likeness (QED) is 0.362. The van der Waals surface area contributed by atoms with Crippen molar-refractivity contribution in [2.24, 2.45) is 0 Å². The van der Waals surface area contributed by atoms with Crippen molar-refractivity contribution in [1.29, 1.82) is 0 Å². The number of likely N-dealkylation sites (tertiary alicyclic amines) is 1. The molecule has 5 nitrogen and oxygen atoms in total. The Bertz CT molecular complexity index is 1200. The van der Waals surface area contributed by atoms with E-state index in [1.54, 1.807) is 0 Å². The topological polar surface area (TPSA) is 64.2 Å². The van der Waals surface area contributed by atoms with Crippen LogP contribution in [0, 0.1) is 0 Å². The molecule has 1 saturated heterocycles. The maximum atomic E-state index is 9.03. The van der Waals surface area contributed by atoms with Crippen LogP contribution in [-0.2, 0) is 6.54 Å². The average molecular weight is 447 g/mol. The molecule has 0 atom stereocenters. The summed E-state index contributed by atoms with van der Waals surface area (Å²) in [4.78, 5) is 10.4. The first-order valence-electron chi connectivity index (χ1n) is 11.1. The lowest BCUT2D eigenvalue weighted by Gasteiger charge is -2.32. The standard InChI is InChI=1S/C26H27ClN4O/c27-22-3-1-2-20(12-22)25-15-29-26-24(25)13-21(14-28-26)19-6-4-18(5-7-19)16-31-10-8-23(9-11-31)30-17-32/h1-7,12-15,23,30,32H,8-11,16-17H2,(H,28,29). The van der Waals surface area contributed by atoms with Gasteiger partial charge in [-0.15, -0.1) is 0 Å². The Hall–Kier alpha value is -2.70. The summed E-state index contributed by atoms with van der Waals surface area (Å²) >= 11 is 6.20. The van der Waals surface area contributed by atoms with E-state index >= 15 is 0 Å². The number of halogens is 1. The minimum absolute atomic E-state index is 0.0656. The Labute approximate surface area is 193 Å². The number of aliphatic hydroxyl groups excluding tert-OH is 1. The highest BCUT2D eigenvalue weighted by atomic mass is 35.5. The first-order chi connectivity index (χ1) is 15.7. The maximum Gasteiger partial charge on any atom is 0.137 e. The van der Waals surface area contributed by atoms with Crippen molar-refractivity contribution >= 4 is 22.6 Å². The van der Waals surface area contributed by atoms with Gasteiger partial charge in [0.25, 0.3) is 0 Å². The highest BCUT2D eigenvalue weighted by Crippen LogP contribution is 2.32. The van der Waals surface area contributed by atoms with Crippen molar-refractivity contribution in [3.8, 4) is 22.3 Å². The summed E-state index contributed by atoms with van der Waals surface area (Å²) < 4.78 is 0. The van der Waals surface area contributed by atoms with E-state index in [9.17, 15) is 0 Å². The molecule has 5 rings (SSSR count). The van der Waals surface area contributed by atoms with E-state index in [1.165, 1.54) is 5.56 Å². The number of nitrogens with zero attached hydrogens (tertiary/aromatic N) is 2. The second-order valence-corrected chi connectivity index (χ2v) is 8.88. The summed E-state index contributed by atoms with van der Waals surface area (Å²) in [7, 11) is 0. The third-order valence-corrected chi connectivity index (χ3v) is 6.56. The SMILES string of the molecule is OCNC1CCN(Cc2ccc(-c3cnc4[nH]cc(-c5cccc(Cl)c5)c4c3)cc2)CC1. The fourth-order valence-corrected chi connectivity index (χ4v) is 4.73. The monoisotopic (exact) mass is 446 g/mol. The lowest BCUT2D eigenvalue weighted by Crippen LogP contribution is -2.42. The van der Waals surface area contributed by atoms with Crippen molar-refractivity contribution in [3.63, 3.8) is 0 Å². The third kappa shape index (κ3) is 4.57. The fourth-order valence-electron chi connectivity index (χ4n) is 4.54. The number of aromatic nitrogens is 2. The fraction of sp³-hybridized carbons (Fsp3) is 0.269. The minimum atomic E-state index is 0.0656. The molecule has 6 heteroatoms. The molecule has 3 heterocycles. The highest BCUT2D eigenvalue weighted by Gasteiger charge is 2.18. The number of fused-ring (bicyclic) bond motifs is 1. The summed E-state index contributed by atoms with van der Waals surface area (Å²) in [6, 6.07) is 19.3. The van der Waals surface area contributed by atoms with E-state index in [4.69, 9.17) is 16.7 Å². The molecule has 0 unspecified atom stereocenters. The Kier molecular flexibility index (Phi) is 6.23. The summed E-state index contributed by atoms with van der Waals surface area (Å²) in [5.41, 5.74) is 6.63. The number of H-pyrrole nitrogens is 1. The molecule has 0 radical (unpaired) electrons. The summed E-state index contributed by atoms with van der Waals surface area (Å²) in [5, 5.41) is 14.0. The number of aliphatic hydroxyl groups is 1. The largest absolute Gasteiger partial charge is 0.381 e. The summed E-state index contributed by atoms with van der Waals surface area (Å²) in [5.74, 6) is 0. The van der Waals surface area contributed by atoms with Crippen LogP contribution in [0.4, 0.5) is 0 Å². The van der Waals surface area contributed by atoms with Crippen molar-refractivity contribution in [2.45, 2.75) is 25.4 Å². The molecule has 0 spiro atoms. The van der Waals surface area contributed by atoms with Gasteiger partial charge in [0.2, 0.25) is 0 Å². The normalized spacial score (nSPS) is 15.4. The van der Waals surface area contributed by atoms with Crippen LogP contribution in [0.1, 0.15) is 18.4 Å². The Morgan fingerprint density at radius 2 is 1.84 bits per heavy atom. The molecule has 2 aromatic carbocycles. The lowest BCUT2D eigenvalue weighted by molar-refractivity contribution is 0.163. The number of aromatic amines is 1. The third-order valence-electron chi connectivity index (χ3n) is 6.33. The molecule has 1 aliphatic heterocycles. The first-order valence-corrected chi connectivity index (χ1v) is 11.5. The number of hydrogen-bond acceptors (Lipinski definition) is 4. The van der Waals surface area contributed by atoms with Crippen molar-refractivity contribution in [1.82, 2.24) is 20.2 Å². The number of piperidine rings is 1. The second kappa shape index (κ2) is 9.43. The van der Waals surface area contributed by atoms with Gasteiger partial charge in [-0.1, -0.05) is 48.0 Å².